The molecule has 3 rings (SSSR count). The van der Waals surface area contributed by atoms with E-state index in [0.717, 1.165) is 4.57 Å². The number of rotatable bonds is 8. The molecule has 1 amide bonds. The minimum Gasteiger partial charge on any atom is -0.350 e. The molecule has 8 nitrogen and oxygen atoms in total. The van der Waals surface area contributed by atoms with Crippen molar-refractivity contribution in [3.05, 3.63) is 62.8 Å². The summed E-state index contributed by atoms with van der Waals surface area (Å²) in [5, 5.41) is 2.68. The monoisotopic (exact) mass is 429 g/mol. The number of benzene rings is 1. The van der Waals surface area contributed by atoms with Crippen molar-refractivity contribution in [1.29, 1.82) is 0 Å². The number of hydrogen-bond acceptors (Lipinski definition) is 4. The molecule has 2 heterocycles. The molecule has 0 aliphatic heterocycles. The fourth-order valence-electron chi connectivity index (χ4n) is 3.44. The summed E-state index contributed by atoms with van der Waals surface area (Å²) in [6, 6.07) is 5.74. The number of hydrogen-bond donors (Lipinski definition) is 1. The van der Waals surface area contributed by atoms with Crippen LogP contribution in [0.1, 0.15) is 33.3 Å². The predicted octanol–water partition coefficient (Wildman–Crippen LogP) is 2.13. The third-order valence-corrected chi connectivity index (χ3v) is 4.80. The quantitative estimate of drug-likeness (QED) is 0.594. The highest BCUT2D eigenvalue weighted by atomic mass is 19.1. The first-order chi connectivity index (χ1) is 14.7. The summed E-state index contributed by atoms with van der Waals surface area (Å²) >= 11 is 0. The molecule has 0 spiro atoms. The molecule has 1 N–H and O–H groups in total. The molecule has 9 heteroatoms. The number of amides is 1. The second-order valence-corrected chi connectivity index (χ2v) is 8.54. The van der Waals surface area contributed by atoms with Crippen LogP contribution in [0.2, 0.25) is 0 Å². The van der Waals surface area contributed by atoms with E-state index in [1.807, 2.05) is 27.7 Å². The highest BCUT2D eigenvalue weighted by molar-refractivity contribution is 5.76. The Morgan fingerprint density at radius 3 is 2.29 bits per heavy atom. The van der Waals surface area contributed by atoms with Crippen LogP contribution in [0.4, 0.5) is 4.39 Å². The molecule has 1 aromatic carbocycles. The van der Waals surface area contributed by atoms with Gasteiger partial charge in [-0.15, -0.1) is 0 Å². The molecule has 0 atom stereocenters. The van der Waals surface area contributed by atoms with E-state index in [1.54, 1.807) is 23.0 Å². The van der Waals surface area contributed by atoms with Crippen LogP contribution in [-0.2, 0) is 31.0 Å². The van der Waals surface area contributed by atoms with Crippen LogP contribution < -0.4 is 16.6 Å². The predicted molar refractivity (Wildman–Crippen MR) is 116 cm³/mol. The molecule has 0 saturated heterocycles. The number of nitrogens with zero attached hydrogens (tertiary/aromatic N) is 4. The van der Waals surface area contributed by atoms with Gasteiger partial charge in [-0.25, -0.2) is 18.7 Å². The number of nitrogens with one attached hydrogen (secondary N) is 1. The molecule has 0 fully saturated rings. The van der Waals surface area contributed by atoms with E-state index >= 15 is 0 Å². The molecule has 0 aliphatic carbocycles. The lowest BCUT2D eigenvalue weighted by Crippen LogP contribution is -2.44. The number of fused-ring (bicyclic) bond motifs is 1. The van der Waals surface area contributed by atoms with Gasteiger partial charge >= 0.3 is 5.69 Å². The topological polar surface area (TPSA) is 90.9 Å². The van der Waals surface area contributed by atoms with Gasteiger partial charge in [-0.3, -0.25) is 14.2 Å². The van der Waals surface area contributed by atoms with Crippen molar-refractivity contribution >= 4 is 17.1 Å². The third kappa shape index (κ3) is 5.10. The molecule has 31 heavy (non-hydrogen) atoms. The molecule has 0 saturated carbocycles. The maximum atomic E-state index is 13.2. The molecule has 0 radical (unpaired) electrons. The number of carbonyl (C=O) groups is 1. The Labute approximate surface area is 179 Å². The minimum atomic E-state index is -0.557. The third-order valence-electron chi connectivity index (χ3n) is 4.80. The number of imidazole rings is 1. The maximum absolute atomic E-state index is 13.2. The van der Waals surface area contributed by atoms with Gasteiger partial charge in [0.25, 0.3) is 5.56 Å². The standard InChI is InChI=1S/C22H28FN5O3/c1-14(2)10-26-13-25-20-19(26)21(30)28(22(31)27(20)11-15(3)4)12-18(29)24-9-16-5-7-17(23)8-6-16/h5-8,13-15H,9-12H2,1-4H3,(H,24,29). The first kappa shape index (κ1) is 22.5. The van der Waals surface area contributed by atoms with Gasteiger partial charge in [0.1, 0.15) is 12.4 Å². The van der Waals surface area contributed by atoms with Crippen LogP contribution in [0.25, 0.3) is 11.2 Å². The van der Waals surface area contributed by atoms with Gasteiger partial charge in [0, 0.05) is 19.6 Å². The lowest BCUT2D eigenvalue weighted by Gasteiger charge is -2.14. The van der Waals surface area contributed by atoms with Crippen molar-refractivity contribution in [1.82, 2.24) is 24.0 Å². The Hall–Kier alpha value is -3.23. The Kier molecular flexibility index (Phi) is 6.72. The number of halogens is 1. The summed E-state index contributed by atoms with van der Waals surface area (Å²) in [5.74, 6) is -0.420. The van der Waals surface area contributed by atoms with E-state index in [2.05, 4.69) is 10.3 Å². The molecule has 0 aliphatic rings. The first-order valence-corrected chi connectivity index (χ1v) is 10.4. The molecular weight excluding hydrogens is 401 g/mol. The molecule has 3 aromatic rings. The van der Waals surface area contributed by atoms with Crippen LogP contribution in [0.15, 0.2) is 40.2 Å². The van der Waals surface area contributed by atoms with Gasteiger partial charge in [-0.1, -0.05) is 39.8 Å². The van der Waals surface area contributed by atoms with E-state index in [4.69, 9.17) is 0 Å². The van der Waals surface area contributed by atoms with Crippen LogP contribution in [0.3, 0.4) is 0 Å². The smallest absolute Gasteiger partial charge is 0.333 e. The van der Waals surface area contributed by atoms with E-state index in [0.29, 0.717) is 29.8 Å². The summed E-state index contributed by atoms with van der Waals surface area (Å²) < 4.78 is 17.2. The zero-order chi connectivity index (χ0) is 22.7. The zero-order valence-corrected chi connectivity index (χ0v) is 18.3. The van der Waals surface area contributed by atoms with Crippen LogP contribution >= 0.6 is 0 Å². The molecule has 166 valence electrons. The molecule has 0 unspecified atom stereocenters. The SMILES string of the molecule is CC(C)Cn1cnc2c1c(=O)n(CC(=O)NCc1ccc(F)cc1)c(=O)n2CC(C)C. The zero-order valence-electron chi connectivity index (χ0n) is 18.3. The van der Waals surface area contributed by atoms with E-state index in [9.17, 15) is 18.8 Å². The van der Waals surface area contributed by atoms with Gasteiger partial charge in [-0.05, 0) is 29.5 Å². The Morgan fingerprint density at radius 1 is 1.03 bits per heavy atom. The summed E-state index contributed by atoms with van der Waals surface area (Å²) in [5.41, 5.74) is 0.283. The normalized spacial score (nSPS) is 11.6. The van der Waals surface area contributed by atoms with E-state index in [-0.39, 0.29) is 24.2 Å². The summed E-state index contributed by atoms with van der Waals surface area (Å²) in [6.07, 6.45) is 1.57. The Bertz CT molecular complexity index is 1190. The lowest BCUT2D eigenvalue weighted by atomic mass is 10.2. The minimum absolute atomic E-state index is 0.148. The van der Waals surface area contributed by atoms with Gasteiger partial charge in [-0.2, -0.15) is 0 Å². The Morgan fingerprint density at radius 2 is 1.68 bits per heavy atom. The fourth-order valence-corrected chi connectivity index (χ4v) is 3.44. The van der Waals surface area contributed by atoms with Crippen molar-refractivity contribution < 1.29 is 9.18 Å². The molecule has 2 aromatic heterocycles. The van der Waals surface area contributed by atoms with Crippen LogP contribution in [-0.4, -0.2) is 24.6 Å². The highest BCUT2D eigenvalue weighted by Crippen LogP contribution is 2.11. The molecule has 0 bridgehead atoms. The van der Waals surface area contributed by atoms with Gasteiger partial charge in [0.05, 0.1) is 6.33 Å². The van der Waals surface area contributed by atoms with E-state index < -0.39 is 23.7 Å². The van der Waals surface area contributed by atoms with Gasteiger partial charge < -0.3 is 9.88 Å². The van der Waals surface area contributed by atoms with Crippen LogP contribution in [0.5, 0.6) is 0 Å². The number of aromatic nitrogens is 4. The lowest BCUT2D eigenvalue weighted by molar-refractivity contribution is -0.121. The largest absolute Gasteiger partial charge is 0.350 e. The first-order valence-electron chi connectivity index (χ1n) is 10.4. The van der Waals surface area contributed by atoms with Gasteiger partial charge in [0.15, 0.2) is 11.2 Å². The average molecular weight is 429 g/mol. The summed E-state index contributed by atoms with van der Waals surface area (Å²) in [7, 11) is 0. The second kappa shape index (κ2) is 9.28. The second-order valence-electron chi connectivity index (χ2n) is 8.54. The van der Waals surface area contributed by atoms with Crippen molar-refractivity contribution in [3.63, 3.8) is 0 Å². The average Bonchev–Trinajstić information content (AvgIpc) is 3.10. The summed E-state index contributed by atoms with van der Waals surface area (Å²) in [6.45, 7) is 8.70. The van der Waals surface area contributed by atoms with Crippen molar-refractivity contribution in [2.24, 2.45) is 11.8 Å². The van der Waals surface area contributed by atoms with E-state index in [1.165, 1.54) is 16.7 Å². The maximum Gasteiger partial charge on any atom is 0.333 e. The van der Waals surface area contributed by atoms with Crippen molar-refractivity contribution in [2.75, 3.05) is 0 Å². The summed E-state index contributed by atoms with van der Waals surface area (Å²) in [4.78, 5) is 43.1. The fraction of sp³-hybridized carbons (Fsp3) is 0.455. The Balaban J connectivity index is 1.96. The molecular formula is C22H28FN5O3. The van der Waals surface area contributed by atoms with Gasteiger partial charge in [0.2, 0.25) is 5.91 Å². The highest BCUT2D eigenvalue weighted by Gasteiger charge is 2.20. The van der Waals surface area contributed by atoms with Crippen molar-refractivity contribution in [3.8, 4) is 0 Å². The van der Waals surface area contributed by atoms with Crippen LogP contribution in [0, 0.1) is 17.7 Å². The van der Waals surface area contributed by atoms with Crippen molar-refractivity contribution in [2.45, 2.75) is 53.9 Å². The number of carbonyl (C=O) groups excluding carboxylic acids is 1.